The van der Waals surface area contributed by atoms with Gasteiger partial charge in [-0.25, -0.2) is 0 Å². The van der Waals surface area contributed by atoms with Crippen LogP contribution in [-0.2, 0) is 6.54 Å². The van der Waals surface area contributed by atoms with Crippen LogP contribution in [0.2, 0.25) is 0 Å². The Morgan fingerprint density at radius 3 is 2.90 bits per heavy atom. The van der Waals surface area contributed by atoms with Crippen LogP contribution in [0, 0.1) is 17.8 Å². The van der Waals surface area contributed by atoms with Gasteiger partial charge in [0.2, 0.25) is 0 Å². The fourth-order valence-electron chi connectivity index (χ4n) is 4.50. The minimum absolute atomic E-state index is 0.803. The summed E-state index contributed by atoms with van der Waals surface area (Å²) in [7, 11) is 0. The first-order valence-electron chi connectivity index (χ1n) is 8.55. The van der Waals surface area contributed by atoms with Gasteiger partial charge in [0.15, 0.2) is 0 Å². The van der Waals surface area contributed by atoms with Crippen LogP contribution in [-0.4, -0.2) is 11.2 Å². The van der Waals surface area contributed by atoms with Gasteiger partial charge in [0.05, 0.1) is 6.61 Å². The number of ether oxygens (including phenoxy) is 1. The number of aromatic nitrogens is 1. The normalized spacial score (nSPS) is 27.6. The van der Waals surface area contributed by atoms with Crippen LogP contribution in [0.5, 0.6) is 5.75 Å². The molecule has 1 heterocycles. The first kappa shape index (κ1) is 13.2. The van der Waals surface area contributed by atoms with Gasteiger partial charge in [-0.15, -0.1) is 0 Å². The van der Waals surface area contributed by atoms with E-state index in [1.54, 1.807) is 0 Å². The molecule has 2 aromatic rings. The molecule has 0 radical (unpaired) electrons. The number of hydrogen-bond acceptors (Lipinski definition) is 1. The van der Waals surface area contributed by atoms with Crippen LogP contribution in [0.1, 0.15) is 39.0 Å². The Kier molecular flexibility index (Phi) is 3.40. The summed E-state index contributed by atoms with van der Waals surface area (Å²) in [6.45, 7) is 4.15. The summed E-state index contributed by atoms with van der Waals surface area (Å²) in [5, 5.41) is 1.31. The van der Waals surface area contributed by atoms with E-state index in [-0.39, 0.29) is 0 Å². The third-order valence-electron chi connectivity index (χ3n) is 5.53. The lowest BCUT2D eigenvalue weighted by Gasteiger charge is -2.22. The first-order valence-corrected chi connectivity index (χ1v) is 8.55. The van der Waals surface area contributed by atoms with Crippen molar-refractivity contribution in [2.75, 3.05) is 6.61 Å². The number of rotatable bonds is 5. The Balaban J connectivity index is 1.53. The van der Waals surface area contributed by atoms with Crippen molar-refractivity contribution in [1.82, 2.24) is 4.57 Å². The van der Waals surface area contributed by atoms with E-state index in [9.17, 15) is 0 Å². The average Bonchev–Trinajstić information content (AvgIpc) is 3.21. The van der Waals surface area contributed by atoms with E-state index >= 15 is 0 Å². The van der Waals surface area contributed by atoms with Crippen LogP contribution in [0.25, 0.3) is 10.9 Å². The first-order chi connectivity index (χ1) is 10.3. The van der Waals surface area contributed by atoms with Gasteiger partial charge in [0, 0.05) is 23.6 Å². The standard InChI is InChI=1S/C19H25NO/c1-2-9-21-18-5-6-19-16(12-18)7-8-20(19)13-17-11-14-3-4-15(17)10-14/h5-8,12,14-15,17H,2-4,9-11,13H2,1H3. The van der Waals surface area contributed by atoms with Gasteiger partial charge in [0.1, 0.15) is 5.75 Å². The van der Waals surface area contributed by atoms with E-state index < -0.39 is 0 Å². The number of fused-ring (bicyclic) bond motifs is 3. The second-order valence-corrected chi connectivity index (χ2v) is 6.97. The highest BCUT2D eigenvalue weighted by Crippen LogP contribution is 2.49. The van der Waals surface area contributed by atoms with Gasteiger partial charge in [-0.05, 0) is 67.7 Å². The van der Waals surface area contributed by atoms with E-state index in [1.807, 2.05) is 0 Å². The largest absolute Gasteiger partial charge is 0.494 e. The summed E-state index contributed by atoms with van der Waals surface area (Å²) in [6.07, 6.45) is 9.25. The van der Waals surface area contributed by atoms with Crippen molar-refractivity contribution in [2.45, 2.75) is 45.6 Å². The number of hydrogen-bond donors (Lipinski definition) is 0. The highest BCUT2D eigenvalue weighted by Gasteiger charge is 2.39. The molecule has 0 amide bonds. The molecule has 2 fully saturated rings. The number of nitrogens with zero attached hydrogens (tertiary/aromatic N) is 1. The quantitative estimate of drug-likeness (QED) is 0.764. The molecule has 0 spiro atoms. The highest BCUT2D eigenvalue weighted by atomic mass is 16.5. The van der Waals surface area contributed by atoms with Crippen molar-refractivity contribution in [2.24, 2.45) is 17.8 Å². The Labute approximate surface area is 127 Å². The molecule has 2 bridgehead atoms. The lowest BCUT2D eigenvalue weighted by Crippen LogP contribution is -2.16. The van der Waals surface area contributed by atoms with Crippen molar-refractivity contribution in [3.8, 4) is 5.75 Å². The van der Waals surface area contributed by atoms with E-state index in [0.29, 0.717) is 0 Å². The molecule has 0 aliphatic heterocycles. The Morgan fingerprint density at radius 2 is 2.14 bits per heavy atom. The van der Waals surface area contributed by atoms with E-state index in [4.69, 9.17) is 4.74 Å². The summed E-state index contributed by atoms with van der Waals surface area (Å²) in [5.41, 5.74) is 1.36. The van der Waals surface area contributed by atoms with E-state index in [1.165, 1.54) is 43.1 Å². The fourth-order valence-corrected chi connectivity index (χ4v) is 4.50. The second kappa shape index (κ2) is 5.40. The maximum Gasteiger partial charge on any atom is 0.120 e. The van der Waals surface area contributed by atoms with Crippen molar-refractivity contribution < 1.29 is 4.74 Å². The molecule has 2 saturated carbocycles. The van der Waals surface area contributed by atoms with Crippen LogP contribution in [0.15, 0.2) is 30.5 Å². The molecule has 2 nitrogen and oxygen atoms in total. The zero-order valence-electron chi connectivity index (χ0n) is 12.9. The Morgan fingerprint density at radius 1 is 1.19 bits per heavy atom. The van der Waals surface area contributed by atoms with Gasteiger partial charge >= 0.3 is 0 Å². The van der Waals surface area contributed by atoms with Crippen LogP contribution in [0.3, 0.4) is 0 Å². The molecule has 21 heavy (non-hydrogen) atoms. The molecule has 2 aliphatic carbocycles. The molecular weight excluding hydrogens is 258 g/mol. The zero-order chi connectivity index (χ0) is 14.2. The Bertz CT molecular complexity index is 630. The third-order valence-corrected chi connectivity index (χ3v) is 5.53. The van der Waals surface area contributed by atoms with E-state index in [2.05, 4.69) is 42.0 Å². The summed E-state index contributed by atoms with van der Waals surface area (Å²) in [5.74, 6) is 3.95. The van der Waals surface area contributed by atoms with Gasteiger partial charge in [0.25, 0.3) is 0 Å². The molecule has 3 atom stereocenters. The topological polar surface area (TPSA) is 14.2 Å². The van der Waals surface area contributed by atoms with Gasteiger partial charge in [-0.2, -0.15) is 0 Å². The molecule has 2 heteroatoms. The fraction of sp³-hybridized carbons (Fsp3) is 0.579. The van der Waals surface area contributed by atoms with Crippen LogP contribution >= 0.6 is 0 Å². The maximum atomic E-state index is 5.74. The van der Waals surface area contributed by atoms with Crippen molar-refractivity contribution in [3.63, 3.8) is 0 Å². The van der Waals surface area contributed by atoms with Gasteiger partial charge in [-0.1, -0.05) is 13.3 Å². The minimum Gasteiger partial charge on any atom is -0.494 e. The monoisotopic (exact) mass is 283 g/mol. The molecule has 1 aromatic heterocycles. The second-order valence-electron chi connectivity index (χ2n) is 6.97. The molecule has 0 saturated heterocycles. The van der Waals surface area contributed by atoms with Crippen molar-refractivity contribution in [3.05, 3.63) is 30.5 Å². The van der Waals surface area contributed by atoms with Gasteiger partial charge < -0.3 is 9.30 Å². The summed E-state index contributed by atoms with van der Waals surface area (Å²) in [4.78, 5) is 0. The predicted octanol–water partition coefficient (Wildman–Crippen LogP) is 4.87. The SMILES string of the molecule is CCCOc1ccc2c(ccn2CC2CC3CCC2C3)c1. The number of benzene rings is 1. The lowest BCUT2D eigenvalue weighted by molar-refractivity contribution is 0.299. The van der Waals surface area contributed by atoms with Crippen molar-refractivity contribution in [1.29, 1.82) is 0 Å². The average molecular weight is 283 g/mol. The minimum atomic E-state index is 0.803. The predicted molar refractivity (Wildman–Crippen MR) is 86.7 cm³/mol. The third kappa shape index (κ3) is 2.45. The van der Waals surface area contributed by atoms with Crippen LogP contribution in [0.4, 0.5) is 0 Å². The summed E-state index contributed by atoms with van der Waals surface area (Å²) >= 11 is 0. The summed E-state index contributed by atoms with van der Waals surface area (Å²) in [6, 6.07) is 8.77. The molecule has 112 valence electrons. The zero-order valence-corrected chi connectivity index (χ0v) is 12.9. The van der Waals surface area contributed by atoms with E-state index in [0.717, 1.165) is 36.5 Å². The lowest BCUT2D eigenvalue weighted by atomic mass is 9.89. The molecule has 2 aliphatic rings. The van der Waals surface area contributed by atoms with Gasteiger partial charge in [-0.3, -0.25) is 0 Å². The van der Waals surface area contributed by atoms with Crippen molar-refractivity contribution >= 4 is 10.9 Å². The molecule has 4 rings (SSSR count). The maximum absolute atomic E-state index is 5.74. The highest BCUT2D eigenvalue weighted by molar-refractivity contribution is 5.81. The smallest absolute Gasteiger partial charge is 0.120 e. The molecule has 0 N–H and O–H groups in total. The molecule has 3 unspecified atom stereocenters. The molecular formula is C19H25NO. The molecule has 1 aromatic carbocycles. The Hall–Kier alpha value is -1.44. The summed E-state index contributed by atoms with van der Waals surface area (Å²) < 4.78 is 8.20. The van der Waals surface area contributed by atoms with Crippen LogP contribution < -0.4 is 4.74 Å².